The average molecular weight is 486 g/mol. The van der Waals surface area contributed by atoms with Gasteiger partial charge in [0, 0.05) is 16.7 Å². The van der Waals surface area contributed by atoms with Crippen LogP contribution in [0, 0.1) is 0 Å². The molecule has 2 heterocycles. The SMILES string of the molecule is CC(C(N)=O)N(c1ccc(OC(F)(F)F)nc1)c1nc(N)c(C(=O)c2ccc(Cl)cc2)s1. The molecule has 0 bridgehead atoms. The molecule has 0 aliphatic heterocycles. The van der Waals surface area contributed by atoms with E-state index in [2.05, 4.69) is 14.7 Å². The minimum absolute atomic E-state index is 0.0865. The lowest BCUT2D eigenvalue weighted by molar-refractivity contribution is -0.276. The van der Waals surface area contributed by atoms with Crippen LogP contribution in [0.2, 0.25) is 5.02 Å². The van der Waals surface area contributed by atoms with Crippen LogP contribution in [0.4, 0.5) is 29.8 Å². The van der Waals surface area contributed by atoms with Crippen molar-refractivity contribution in [2.75, 3.05) is 10.6 Å². The monoisotopic (exact) mass is 485 g/mol. The van der Waals surface area contributed by atoms with Crippen molar-refractivity contribution in [3.05, 3.63) is 58.1 Å². The summed E-state index contributed by atoms with van der Waals surface area (Å²) in [7, 11) is 0. The number of carbonyl (C=O) groups excluding carboxylic acids is 2. The van der Waals surface area contributed by atoms with E-state index in [0.29, 0.717) is 10.6 Å². The van der Waals surface area contributed by atoms with Gasteiger partial charge in [0.05, 0.1) is 11.9 Å². The molecule has 0 spiro atoms. The number of anilines is 3. The summed E-state index contributed by atoms with van der Waals surface area (Å²) < 4.78 is 40.9. The van der Waals surface area contributed by atoms with Crippen molar-refractivity contribution < 1.29 is 27.5 Å². The number of nitrogens with two attached hydrogens (primary N) is 2. The molecule has 0 saturated heterocycles. The van der Waals surface area contributed by atoms with Crippen molar-refractivity contribution in [3.8, 4) is 5.88 Å². The van der Waals surface area contributed by atoms with Gasteiger partial charge in [-0.25, -0.2) is 9.97 Å². The van der Waals surface area contributed by atoms with Gasteiger partial charge in [-0.1, -0.05) is 22.9 Å². The number of benzene rings is 1. The molecule has 168 valence electrons. The van der Waals surface area contributed by atoms with Gasteiger partial charge in [-0.15, -0.1) is 13.2 Å². The van der Waals surface area contributed by atoms with Crippen molar-refractivity contribution in [1.82, 2.24) is 9.97 Å². The van der Waals surface area contributed by atoms with Crippen molar-refractivity contribution in [2.45, 2.75) is 19.3 Å². The van der Waals surface area contributed by atoms with E-state index >= 15 is 0 Å². The van der Waals surface area contributed by atoms with Gasteiger partial charge in [-0.05, 0) is 37.3 Å². The summed E-state index contributed by atoms with van der Waals surface area (Å²) in [5, 5.41) is 0.573. The average Bonchev–Trinajstić information content (AvgIpc) is 3.09. The highest BCUT2D eigenvalue weighted by atomic mass is 35.5. The number of thiazole rings is 1. The lowest BCUT2D eigenvalue weighted by Crippen LogP contribution is -2.40. The number of hydrogen-bond donors (Lipinski definition) is 2. The number of nitrogen functional groups attached to an aromatic ring is 1. The molecule has 1 unspecified atom stereocenters. The molecule has 4 N–H and O–H groups in total. The van der Waals surface area contributed by atoms with E-state index in [-0.39, 0.29) is 21.5 Å². The Morgan fingerprint density at radius 3 is 2.38 bits per heavy atom. The predicted octanol–water partition coefficient (Wildman–Crippen LogP) is 3.92. The lowest BCUT2D eigenvalue weighted by Gasteiger charge is -2.26. The van der Waals surface area contributed by atoms with Gasteiger partial charge in [0.15, 0.2) is 5.13 Å². The number of aromatic nitrogens is 2. The van der Waals surface area contributed by atoms with E-state index < -0.39 is 30.0 Å². The summed E-state index contributed by atoms with van der Waals surface area (Å²) in [6.07, 6.45) is -3.85. The fourth-order valence-corrected chi connectivity index (χ4v) is 3.81. The van der Waals surface area contributed by atoms with E-state index in [1.165, 1.54) is 30.0 Å². The van der Waals surface area contributed by atoms with Crippen LogP contribution in [0.3, 0.4) is 0 Å². The van der Waals surface area contributed by atoms with Crippen LogP contribution in [0.5, 0.6) is 5.88 Å². The minimum atomic E-state index is -4.91. The second kappa shape index (κ2) is 9.01. The van der Waals surface area contributed by atoms with Gasteiger partial charge < -0.3 is 21.1 Å². The number of hydrogen-bond acceptors (Lipinski definition) is 8. The van der Waals surface area contributed by atoms with E-state index in [4.69, 9.17) is 23.1 Å². The molecule has 1 atom stereocenters. The molecule has 1 aromatic carbocycles. The van der Waals surface area contributed by atoms with Crippen LogP contribution in [-0.4, -0.2) is 34.1 Å². The third kappa shape index (κ3) is 5.26. The van der Waals surface area contributed by atoms with Crippen molar-refractivity contribution >= 4 is 51.3 Å². The Bertz CT molecular complexity index is 1140. The third-order valence-corrected chi connectivity index (χ3v) is 5.50. The zero-order valence-electron chi connectivity index (χ0n) is 16.3. The van der Waals surface area contributed by atoms with Gasteiger partial charge in [0.2, 0.25) is 17.6 Å². The number of carbonyl (C=O) groups is 2. The molecule has 0 aliphatic rings. The largest absolute Gasteiger partial charge is 0.574 e. The number of halogens is 4. The molecule has 8 nitrogen and oxygen atoms in total. The number of rotatable bonds is 7. The summed E-state index contributed by atoms with van der Waals surface area (Å²) in [6.45, 7) is 1.46. The van der Waals surface area contributed by atoms with E-state index in [9.17, 15) is 22.8 Å². The number of amides is 1. The summed E-state index contributed by atoms with van der Waals surface area (Å²) in [5.41, 5.74) is 11.9. The molecular formula is C19H15ClF3N5O3S. The van der Waals surface area contributed by atoms with E-state index in [1.54, 1.807) is 12.1 Å². The summed E-state index contributed by atoms with van der Waals surface area (Å²) >= 11 is 6.73. The fraction of sp³-hybridized carbons (Fsp3) is 0.158. The summed E-state index contributed by atoms with van der Waals surface area (Å²) in [4.78, 5) is 33.9. The fourth-order valence-electron chi connectivity index (χ4n) is 2.64. The first-order valence-electron chi connectivity index (χ1n) is 8.83. The molecule has 13 heteroatoms. The first-order chi connectivity index (χ1) is 15.0. The highest BCUT2D eigenvalue weighted by molar-refractivity contribution is 7.18. The van der Waals surface area contributed by atoms with Gasteiger partial charge in [-0.2, -0.15) is 0 Å². The van der Waals surface area contributed by atoms with Crippen molar-refractivity contribution in [1.29, 1.82) is 0 Å². The van der Waals surface area contributed by atoms with Crippen molar-refractivity contribution in [3.63, 3.8) is 0 Å². The lowest BCUT2D eigenvalue weighted by atomic mass is 10.1. The van der Waals surface area contributed by atoms with E-state index in [1.807, 2.05) is 0 Å². The molecule has 32 heavy (non-hydrogen) atoms. The molecule has 0 aliphatic carbocycles. The normalized spacial score (nSPS) is 12.3. The Balaban J connectivity index is 1.98. The minimum Gasteiger partial charge on any atom is -0.388 e. The first kappa shape index (κ1) is 23.3. The maximum absolute atomic E-state index is 12.8. The van der Waals surface area contributed by atoms with Gasteiger partial charge >= 0.3 is 6.36 Å². The standard InChI is InChI=1S/C19H15ClF3N5O3S/c1-9(17(25)30)28(12-6-7-13(26-8-12)31-19(21,22)23)18-27-16(24)15(32-18)14(29)10-2-4-11(20)5-3-10/h2-9H,24H2,1H3,(H2,25,30). The molecule has 1 amide bonds. The zero-order valence-corrected chi connectivity index (χ0v) is 17.8. The first-order valence-corrected chi connectivity index (χ1v) is 10.0. The van der Waals surface area contributed by atoms with Gasteiger partial charge in [0.1, 0.15) is 16.7 Å². The van der Waals surface area contributed by atoms with Crippen LogP contribution in [0.25, 0.3) is 0 Å². The predicted molar refractivity (Wildman–Crippen MR) is 113 cm³/mol. The quantitative estimate of drug-likeness (QED) is 0.486. The number of primary amides is 1. The maximum atomic E-state index is 12.8. The molecule has 0 fully saturated rings. The Morgan fingerprint density at radius 1 is 1.19 bits per heavy atom. The second-order valence-corrected chi connectivity index (χ2v) is 7.81. The third-order valence-electron chi connectivity index (χ3n) is 4.18. The highest BCUT2D eigenvalue weighted by Crippen LogP contribution is 2.36. The Hall–Kier alpha value is -3.38. The number of nitrogens with zero attached hydrogens (tertiary/aromatic N) is 3. The van der Waals surface area contributed by atoms with Gasteiger partial charge in [-0.3, -0.25) is 9.59 Å². The highest BCUT2D eigenvalue weighted by Gasteiger charge is 2.32. The second-order valence-electron chi connectivity index (χ2n) is 6.40. The molecule has 0 saturated carbocycles. The molecule has 3 rings (SSSR count). The summed E-state index contributed by atoms with van der Waals surface area (Å²) in [6, 6.07) is 7.37. The van der Waals surface area contributed by atoms with Crippen LogP contribution in [-0.2, 0) is 4.79 Å². The number of ketones is 1. The van der Waals surface area contributed by atoms with Crippen LogP contribution < -0.4 is 21.1 Å². The van der Waals surface area contributed by atoms with Crippen molar-refractivity contribution in [2.24, 2.45) is 5.73 Å². The maximum Gasteiger partial charge on any atom is 0.574 e. The molecular weight excluding hydrogens is 471 g/mol. The number of ether oxygens (including phenoxy) is 1. The van der Waals surface area contributed by atoms with E-state index in [0.717, 1.165) is 23.6 Å². The number of pyridine rings is 1. The van der Waals surface area contributed by atoms with Crippen LogP contribution in [0.1, 0.15) is 22.2 Å². The topological polar surface area (TPSA) is 124 Å². The van der Waals surface area contributed by atoms with Crippen LogP contribution in [0.15, 0.2) is 42.6 Å². The molecule has 0 radical (unpaired) electrons. The van der Waals surface area contributed by atoms with Gasteiger partial charge in [0.25, 0.3) is 0 Å². The smallest absolute Gasteiger partial charge is 0.388 e. The Kier molecular flexibility index (Phi) is 6.55. The Labute approximate surface area is 188 Å². The molecule has 3 aromatic rings. The summed E-state index contributed by atoms with van der Waals surface area (Å²) in [5.74, 6) is -1.94. The number of alkyl halides is 3. The zero-order chi connectivity index (χ0) is 23.6. The van der Waals surface area contributed by atoms with Crippen LogP contribution >= 0.6 is 22.9 Å². The Morgan fingerprint density at radius 2 is 1.84 bits per heavy atom. The molecule has 2 aromatic heterocycles.